The highest BCUT2D eigenvalue weighted by Crippen LogP contribution is 2.29. The average molecular weight is 429 g/mol. The second kappa shape index (κ2) is 9.36. The largest absolute Gasteiger partial charge is 0.444 e. The highest BCUT2D eigenvalue weighted by Gasteiger charge is 2.30. The number of benzene rings is 1. The summed E-state index contributed by atoms with van der Waals surface area (Å²) >= 11 is 0. The summed E-state index contributed by atoms with van der Waals surface area (Å²) in [7, 11) is 0. The molecule has 1 aliphatic rings. The number of hydrogen-bond acceptors (Lipinski definition) is 4. The van der Waals surface area contributed by atoms with Crippen LogP contribution in [0.5, 0.6) is 0 Å². The van der Waals surface area contributed by atoms with E-state index in [1.165, 1.54) is 9.80 Å². The summed E-state index contributed by atoms with van der Waals surface area (Å²) < 4.78 is 43.1. The van der Waals surface area contributed by atoms with E-state index in [1.807, 2.05) is 0 Å². The van der Waals surface area contributed by atoms with Crippen LogP contribution >= 0.6 is 0 Å². The van der Waals surface area contributed by atoms with Gasteiger partial charge < -0.3 is 19.9 Å². The maximum atomic E-state index is 12.7. The number of carbonyl (C=O) groups is 3. The normalized spacial score (nSPS) is 15.4. The number of alkyl carbamates (subject to hydrolysis) is 1. The molecular weight excluding hydrogens is 403 g/mol. The topological polar surface area (TPSA) is 79.0 Å². The Morgan fingerprint density at radius 2 is 1.53 bits per heavy atom. The minimum Gasteiger partial charge on any atom is -0.444 e. The van der Waals surface area contributed by atoms with Crippen LogP contribution in [0.1, 0.15) is 43.1 Å². The zero-order valence-electron chi connectivity index (χ0n) is 17.2. The van der Waals surface area contributed by atoms with Crippen molar-refractivity contribution >= 4 is 17.9 Å². The summed E-state index contributed by atoms with van der Waals surface area (Å²) in [5, 5.41) is 2.41. The van der Waals surface area contributed by atoms with E-state index in [4.69, 9.17) is 4.74 Å². The fourth-order valence-electron chi connectivity index (χ4n) is 2.93. The Balaban J connectivity index is 1.89. The van der Waals surface area contributed by atoms with E-state index >= 15 is 0 Å². The zero-order chi connectivity index (χ0) is 22.5. The van der Waals surface area contributed by atoms with Crippen molar-refractivity contribution < 1.29 is 32.3 Å². The van der Waals surface area contributed by atoms with Crippen molar-refractivity contribution in [1.29, 1.82) is 0 Å². The monoisotopic (exact) mass is 429 g/mol. The van der Waals surface area contributed by atoms with Gasteiger partial charge in [0.15, 0.2) is 0 Å². The van der Waals surface area contributed by atoms with Crippen molar-refractivity contribution in [3.63, 3.8) is 0 Å². The number of rotatable bonds is 3. The molecule has 7 nitrogen and oxygen atoms in total. The molecular formula is C20H26F3N3O4. The van der Waals surface area contributed by atoms with Crippen LogP contribution in [0.4, 0.5) is 18.0 Å². The number of hydrogen-bond donors (Lipinski definition) is 1. The average Bonchev–Trinajstić information content (AvgIpc) is 2.90. The van der Waals surface area contributed by atoms with Crippen LogP contribution in [-0.4, -0.2) is 66.0 Å². The molecule has 0 radical (unpaired) electrons. The summed E-state index contributed by atoms with van der Waals surface area (Å²) in [6.45, 7) is 6.22. The smallest absolute Gasteiger partial charge is 0.416 e. The van der Waals surface area contributed by atoms with Gasteiger partial charge in [0.25, 0.3) is 5.91 Å². The Hall–Kier alpha value is -2.78. The Labute approximate surface area is 173 Å². The lowest BCUT2D eigenvalue weighted by atomic mass is 10.1. The highest BCUT2D eigenvalue weighted by atomic mass is 19.4. The first kappa shape index (κ1) is 23.5. The van der Waals surface area contributed by atoms with Crippen molar-refractivity contribution in [2.45, 2.75) is 39.0 Å². The molecule has 1 aliphatic heterocycles. The molecule has 3 amide bonds. The number of nitrogens with one attached hydrogen (secondary N) is 1. The fourth-order valence-corrected chi connectivity index (χ4v) is 2.93. The first-order valence-corrected chi connectivity index (χ1v) is 9.58. The van der Waals surface area contributed by atoms with Gasteiger partial charge in [0.2, 0.25) is 5.91 Å². The van der Waals surface area contributed by atoms with Crippen molar-refractivity contribution in [2.24, 2.45) is 0 Å². The molecule has 166 valence electrons. The van der Waals surface area contributed by atoms with Gasteiger partial charge in [0.1, 0.15) is 12.1 Å². The van der Waals surface area contributed by atoms with Gasteiger partial charge in [-0.3, -0.25) is 9.59 Å². The van der Waals surface area contributed by atoms with Gasteiger partial charge in [-0.1, -0.05) is 0 Å². The third kappa shape index (κ3) is 6.93. The Morgan fingerprint density at radius 1 is 0.967 bits per heavy atom. The number of carbonyl (C=O) groups excluding carboxylic acids is 3. The van der Waals surface area contributed by atoms with Gasteiger partial charge in [-0.15, -0.1) is 0 Å². The number of halogens is 3. The number of alkyl halides is 3. The van der Waals surface area contributed by atoms with Crippen LogP contribution in [0.15, 0.2) is 24.3 Å². The van der Waals surface area contributed by atoms with Gasteiger partial charge in [0, 0.05) is 31.7 Å². The van der Waals surface area contributed by atoms with E-state index < -0.39 is 23.4 Å². The summed E-state index contributed by atoms with van der Waals surface area (Å²) in [6.07, 6.45) is -4.63. The molecule has 1 N–H and O–H groups in total. The Morgan fingerprint density at radius 3 is 2.10 bits per heavy atom. The Bertz CT molecular complexity index is 773. The Kier molecular flexibility index (Phi) is 7.33. The molecule has 0 unspecified atom stereocenters. The van der Waals surface area contributed by atoms with Gasteiger partial charge in [0.05, 0.1) is 5.56 Å². The molecule has 0 saturated carbocycles. The molecule has 10 heteroatoms. The van der Waals surface area contributed by atoms with Gasteiger partial charge in [-0.25, -0.2) is 4.79 Å². The van der Waals surface area contributed by atoms with E-state index in [-0.39, 0.29) is 37.0 Å². The van der Waals surface area contributed by atoms with Crippen molar-refractivity contribution in [1.82, 2.24) is 15.1 Å². The molecule has 0 atom stereocenters. The number of nitrogens with zero attached hydrogens (tertiary/aromatic N) is 2. The molecule has 0 aromatic heterocycles. The summed E-state index contributed by atoms with van der Waals surface area (Å²) in [6, 6.07) is 4.07. The maximum absolute atomic E-state index is 12.7. The molecule has 1 aromatic carbocycles. The predicted octanol–water partition coefficient (Wildman–Crippen LogP) is 2.90. The van der Waals surface area contributed by atoms with Gasteiger partial charge in [-0.2, -0.15) is 13.2 Å². The van der Waals surface area contributed by atoms with E-state index in [0.717, 1.165) is 24.3 Å². The highest BCUT2D eigenvalue weighted by molar-refractivity contribution is 5.94. The van der Waals surface area contributed by atoms with Crippen molar-refractivity contribution in [3.05, 3.63) is 35.4 Å². The lowest BCUT2D eigenvalue weighted by molar-refractivity contribution is -0.137. The van der Waals surface area contributed by atoms with E-state index in [1.54, 1.807) is 20.8 Å². The van der Waals surface area contributed by atoms with Crippen LogP contribution in [0, 0.1) is 0 Å². The number of ether oxygens (including phenoxy) is 1. The fraction of sp³-hybridized carbons (Fsp3) is 0.550. The summed E-state index contributed by atoms with van der Waals surface area (Å²) in [4.78, 5) is 39.7. The van der Waals surface area contributed by atoms with Crippen LogP contribution in [0.3, 0.4) is 0 Å². The molecule has 2 rings (SSSR count). The SMILES string of the molecule is CC(C)(C)OC(=O)NCC(=O)N1CCCN(C(=O)c2ccc(C(F)(F)F)cc2)CC1. The molecule has 1 aromatic rings. The number of amides is 3. The molecule has 0 bridgehead atoms. The minimum absolute atomic E-state index is 0.161. The van der Waals surface area contributed by atoms with Crippen LogP contribution in [0.25, 0.3) is 0 Å². The van der Waals surface area contributed by atoms with Crippen LogP contribution in [-0.2, 0) is 15.7 Å². The van der Waals surface area contributed by atoms with Crippen LogP contribution in [0.2, 0.25) is 0 Å². The quantitative estimate of drug-likeness (QED) is 0.802. The maximum Gasteiger partial charge on any atom is 0.416 e. The van der Waals surface area contributed by atoms with Gasteiger partial charge in [-0.05, 0) is 51.5 Å². The predicted molar refractivity (Wildman–Crippen MR) is 103 cm³/mol. The second-order valence-corrected chi connectivity index (χ2v) is 7.96. The lowest BCUT2D eigenvalue weighted by Gasteiger charge is -2.23. The summed E-state index contributed by atoms with van der Waals surface area (Å²) in [5.74, 6) is -0.686. The second-order valence-electron chi connectivity index (χ2n) is 7.96. The van der Waals surface area contributed by atoms with Crippen molar-refractivity contribution in [2.75, 3.05) is 32.7 Å². The molecule has 1 fully saturated rings. The molecule has 1 heterocycles. The first-order valence-electron chi connectivity index (χ1n) is 9.58. The van der Waals surface area contributed by atoms with Gasteiger partial charge >= 0.3 is 12.3 Å². The van der Waals surface area contributed by atoms with E-state index in [9.17, 15) is 27.6 Å². The third-order valence-electron chi connectivity index (χ3n) is 4.38. The van der Waals surface area contributed by atoms with Crippen LogP contribution < -0.4 is 5.32 Å². The van der Waals surface area contributed by atoms with E-state index in [0.29, 0.717) is 19.5 Å². The lowest BCUT2D eigenvalue weighted by Crippen LogP contribution is -2.43. The first-order chi connectivity index (χ1) is 13.9. The molecule has 0 spiro atoms. The molecule has 0 aliphatic carbocycles. The molecule has 30 heavy (non-hydrogen) atoms. The standard InChI is InChI=1S/C20H26F3N3O4/c1-19(2,3)30-18(29)24-13-16(27)25-9-4-10-26(12-11-25)17(28)14-5-7-15(8-6-14)20(21,22)23/h5-8H,4,9-13H2,1-3H3,(H,24,29). The summed E-state index contributed by atoms with van der Waals surface area (Å²) in [5.41, 5.74) is -1.33. The van der Waals surface area contributed by atoms with Crippen molar-refractivity contribution in [3.8, 4) is 0 Å². The zero-order valence-corrected chi connectivity index (χ0v) is 17.2. The molecule has 1 saturated heterocycles. The third-order valence-corrected chi connectivity index (χ3v) is 4.38. The minimum atomic E-state index is -4.46. The van der Waals surface area contributed by atoms with E-state index in [2.05, 4.69) is 5.32 Å².